The molecule has 2 aliphatic heterocycles. The van der Waals surface area contributed by atoms with E-state index in [0.29, 0.717) is 5.92 Å². The summed E-state index contributed by atoms with van der Waals surface area (Å²) in [6, 6.07) is 2.06. The van der Waals surface area contributed by atoms with Crippen LogP contribution in [0.25, 0.3) is 0 Å². The van der Waals surface area contributed by atoms with Gasteiger partial charge >= 0.3 is 0 Å². The topological polar surface area (TPSA) is 50.3 Å². The molecule has 0 N–H and O–H groups in total. The van der Waals surface area contributed by atoms with Crippen LogP contribution in [-0.4, -0.2) is 50.7 Å². The molecule has 2 aromatic rings. The van der Waals surface area contributed by atoms with Gasteiger partial charge in [0.15, 0.2) is 0 Å². The monoisotopic (exact) mass is 329 g/mol. The molecule has 1 unspecified atom stereocenters. The second-order valence-electron chi connectivity index (χ2n) is 7.22. The Morgan fingerprint density at radius 2 is 1.92 bits per heavy atom. The molecule has 0 saturated carbocycles. The number of likely N-dealkylation sites (tertiary alicyclic amines) is 2. The standard InChI is InChI=1S/C18H27N5O/c1-21-17(13-22-7-2-3-8-22)19-20-18(21)16-5-4-9-23(12-16)11-15-6-10-24-14-15/h6,10,14,16H,2-5,7-9,11-13H2,1H3. The Morgan fingerprint density at radius 3 is 2.71 bits per heavy atom. The Hall–Kier alpha value is -1.66. The van der Waals surface area contributed by atoms with Crippen molar-refractivity contribution in [3.63, 3.8) is 0 Å². The van der Waals surface area contributed by atoms with Crippen LogP contribution in [0, 0.1) is 0 Å². The van der Waals surface area contributed by atoms with Crippen LogP contribution in [0.2, 0.25) is 0 Å². The number of hydrogen-bond acceptors (Lipinski definition) is 5. The summed E-state index contributed by atoms with van der Waals surface area (Å²) in [7, 11) is 2.13. The van der Waals surface area contributed by atoms with Crippen molar-refractivity contribution in [3.8, 4) is 0 Å². The zero-order valence-electron chi connectivity index (χ0n) is 14.5. The lowest BCUT2D eigenvalue weighted by molar-refractivity contribution is 0.194. The van der Waals surface area contributed by atoms with Crippen LogP contribution >= 0.6 is 0 Å². The van der Waals surface area contributed by atoms with E-state index >= 15 is 0 Å². The van der Waals surface area contributed by atoms with Crippen LogP contribution in [0.3, 0.4) is 0 Å². The number of aromatic nitrogens is 3. The molecule has 0 aromatic carbocycles. The fourth-order valence-corrected chi connectivity index (χ4v) is 4.06. The second-order valence-corrected chi connectivity index (χ2v) is 7.22. The Bertz CT molecular complexity index is 644. The smallest absolute Gasteiger partial charge is 0.146 e. The largest absolute Gasteiger partial charge is 0.472 e. The first kappa shape index (κ1) is 15.8. The Labute approximate surface area is 143 Å². The summed E-state index contributed by atoms with van der Waals surface area (Å²) in [5, 5.41) is 9.05. The van der Waals surface area contributed by atoms with E-state index in [1.54, 1.807) is 6.26 Å². The van der Waals surface area contributed by atoms with Gasteiger partial charge in [-0.25, -0.2) is 0 Å². The molecule has 4 rings (SSSR count). The first-order chi connectivity index (χ1) is 11.8. The Balaban J connectivity index is 1.42. The lowest BCUT2D eigenvalue weighted by Crippen LogP contribution is -2.34. The highest BCUT2D eigenvalue weighted by molar-refractivity contribution is 5.08. The minimum Gasteiger partial charge on any atom is -0.472 e. The Kier molecular flexibility index (Phi) is 4.67. The molecule has 2 aromatic heterocycles. The quantitative estimate of drug-likeness (QED) is 0.843. The molecular formula is C18H27N5O. The summed E-state index contributed by atoms with van der Waals surface area (Å²) in [6.07, 6.45) is 8.66. The van der Waals surface area contributed by atoms with E-state index in [1.807, 2.05) is 6.26 Å². The summed E-state index contributed by atoms with van der Waals surface area (Å²) in [5.41, 5.74) is 1.25. The molecule has 0 bridgehead atoms. The molecule has 2 saturated heterocycles. The number of nitrogens with zero attached hydrogens (tertiary/aromatic N) is 5. The van der Waals surface area contributed by atoms with Gasteiger partial charge in [-0.05, 0) is 51.4 Å². The van der Waals surface area contributed by atoms with Crippen molar-refractivity contribution in [2.45, 2.75) is 44.7 Å². The summed E-state index contributed by atoms with van der Waals surface area (Å²) >= 11 is 0. The summed E-state index contributed by atoms with van der Waals surface area (Å²) in [4.78, 5) is 4.99. The third kappa shape index (κ3) is 3.39. The van der Waals surface area contributed by atoms with Crippen LogP contribution in [0.1, 0.15) is 48.8 Å². The third-order valence-corrected chi connectivity index (χ3v) is 5.42. The van der Waals surface area contributed by atoms with Crippen molar-refractivity contribution in [2.75, 3.05) is 26.2 Å². The van der Waals surface area contributed by atoms with Gasteiger partial charge in [0.25, 0.3) is 0 Å². The zero-order chi connectivity index (χ0) is 16.4. The zero-order valence-corrected chi connectivity index (χ0v) is 14.5. The molecule has 0 aliphatic carbocycles. The van der Waals surface area contributed by atoms with Gasteiger partial charge in [0.2, 0.25) is 0 Å². The molecule has 0 radical (unpaired) electrons. The normalized spacial score (nSPS) is 23.1. The molecule has 2 fully saturated rings. The van der Waals surface area contributed by atoms with Gasteiger partial charge in [-0.1, -0.05) is 0 Å². The van der Waals surface area contributed by atoms with Gasteiger partial charge < -0.3 is 8.98 Å². The molecule has 130 valence electrons. The van der Waals surface area contributed by atoms with E-state index in [-0.39, 0.29) is 0 Å². The van der Waals surface area contributed by atoms with Crippen LogP contribution in [-0.2, 0) is 20.1 Å². The first-order valence-corrected chi connectivity index (χ1v) is 9.13. The van der Waals surface area contributed by atoms with Gasteiger partial charge in [-0.3, -0.25) is 9.80 Å². The fourth-order valence-electron chi connectivity index (χ4n) is 4.06. The third-order valence-electron chi connectivity index (χ3n) is 5.42. The molecule has 4 heterocycles. The van der Waals surface area contributed by atoms with Gasteiger partial charge in [0, 0.05) is 31.6 Å². The molecule has 24 heavy (non-hydrogen) atoms. The van der Waals surface area contributed by atoms with Gasteiger partial charge in [-0.15, -0.1) is 10.2 Å². The maximum absolute atomic E-state index is 5.20. The van der Waals surface area contributed by atoms with Gasteiger partial charge in [-0.2, -0.15) is 0 Å². The maximum atomic E-state index is 5.20. The molecule has 6 heteroatoms. The lowest BCUT2D eigenvalue weighted by Gasteiger charge is -2.31. The lowest BCUT2D eigenvalue weighted by atomic mass is 9.97. The second kappa shape index (κ2) is 7.07. The SMILES string of the molecule is Cn1c(CN2CCCC2)nnc1C1CCCN(Cc2ccoc2)C1. The maximum Gasteiger partial charge on any atom is 0.146 e. The van der Waals surface area contributed by atoms with E-state index in [0.717, 1.165) is 37.8 Å². The minimum absolute atomic E-state index is 0.482. The number of rotatable bonds is 5. The van der Waals surface area contributed by atoms with Crippen molar-refractivity contribution >= 4 is 0 Å². The molecule has 0 amide bonds. The van der Waals surface area contributed by atoms with E-state index in [2.05, 4.69) is 37.7 Å². The highest BCUT2D eigenvalue weighted by atomic mass is 16.3. The Morgan fingerprint density at radius 1 is 1.08 bits per heavy atom. The van der Waals surface area contributed by atoms with E-state index < -0.39 is 0 Å². The summed E-state index contributed by atoms with van der Waals surface area (Å²) < 4.78 is 7.44. The van der Waals surface area contributed by atoms with Gasteiger partial charge in [0.1, 0.15) is 11.6 Å². The van der Waals surface area contributed by atoms with Crippen LogP contribution in [0.15, 0.2) is 23.0 Å². The molecular weight excluding hydrogens is 302 g/mol. The highest BCUT2D eigenvalue weighted by Crippen LogP contribution is 2.27. The number of piperidine rings is 1. The van der Waals surface area contributed by atoms with E-state index in [1.165, 1.54) is 44.3 Å². The van der Waals surface area contributed by atoms with Crippen LogP contribution in [0.4, 0.5) is 0 Å². The van der Waals surface area contributed by atoms with Crippen molar-refractivity contribution in [3.05, 3.63) is 35.8 Å². The average molecular weight is 329 g/mol. The van der Waals surface area contributed by atoms with E-state index in [4.69, 9.17) is 4.42 Å². The predicted molar refractivity (Wildman–Crippen MR) is 91.5 cm³/mol. The number of furan rings is 1. The molecule has 6 nitrogen and oxygen atoms in total. The predicted octanol–water partition coefficient (Wildman–Crippen LogP) is 2.38. The van der Waals surface area contributed by atoms with Crippen molar-refractivity contribution in [1.82, 2.24) is 24.6 Å². The van der Waals surface area contributed by atoms with Crippen molar-refractivity contribution in [1.29, 1.82) is 0 Å². The highest BCUT2D eigenvalue weighted by Gasteiger charge is 2.26. The molecule has 0 spiro atoms. The summed E-state index contributed by atoms with van der Waals surface area (Å²) in [5.74, 6) is 2.75. The number of hydrogen-bond donors (Lipinski definition) is 0. The van der Waals surface area contributed by atoms with E-state index in [9.17, 15) is 0 Å². The average Bonchev–Trinajstić information content (AvgIpc) is 3.33. The van der Waals surface area contributed by atoms with Crippen molar-refractivity contribution < 1.29 is 4.42 Å². The van der Waals surface area contributed by atoms with Crippen LogP contribution in [0.5, 0.6) is 0 Å². The summed E-state index contributed by atoms with van der Waals surface area (Å²) in [6.45, 7) is 6.51. The van der Waals surface area contributed by atoms with Gasteiger partial charge in [0.05, 0.1) is 19.1 Å². The van der Waals surface area contributed by atoms with Crippen LogP contribution < -0.4 is 0 Å². The first-order valence-electron chi connectivity index (χ1n) is 9.13. The molecule has 1 atom stereocenters. The minimum atomic E-state index is 0.482. The van der Waals surface area contributed by atoms with Crippen molar-refractivity contribution in [2.24, 2.45) is 7.05 Å². The molecule has 2 aliphatic rings. The fraction of sp³-hybridized carbons (Fsp3) is 0.667.